The van der Waals surface area contributed by atoms with Gasteiger partial charge in [-0.25, -0.2) is 0 Å². The number of carbonyl (C=O) groups excluding carboxylic acids is 2. The SMILES string of the molecule is Cc1ccccc1CC(=O)N[C@H](C)C(=O)N1CCOCC1. The van der Waals surface area contributed by atoms with Gasteiger partial charge in [-0.05, 0) is 25.0 Å². The van der Waals surface area contributed by atoms with Crippen LogP contribution >= 0.6 is 0 Å². The maximum Gasteiger partial charge on any atom is 0.245 e. The maximum atomic E-state index is 12.2. The first-order chi connectivity index (χ1) is 10.1. The molecule has 1 aliphatic heterocycles. The van der Waals surface area contributed by atoms with Crippen LogP contribution in [-0.2, 0) is 20.7 Å². The lowest BCUT2D eigenvalue weighted by molar-refractivity contribution is -0.139. The first-order valence-electron chi connectivity index (χ1n) is 7.28. The number of nitrogens with zero attached hydrogens (tertiary/aromatic N) is 1. The standard InChI is InChI=1S/C16H22N2O3/c1-12-5-3-4-6-14(12)11-15(19)17-13(2)16(20)18-7-9-21-10-8-18/h3-6,13H,7-11H2,1-2H3,(H,17,19)/t13-/m1/s1. The van der Waals surface area contributed by atoms with E-state index in [0.717, 1.165) is 11.1 Å². The van der Waals surface area contributed by atoms with E-state index in [9.17, 15) is 9.59 Å². The number of rotatable bonds is 4. The molecule has 1 aromatic carbocycles. The van der Waals surface area contributed by atoms with Crippen LogP contribution in [0.3, 0.4) is 0 Å². The Hall–Kier alpha value is -1.88. The molecule has 2 amide bonds. The second kappa shape index (κ2) is 7.22. The minimum absolute atomic E-state index is 0.0450. The van der Waals surface area contributed by atoms with Gasteiger partial charge < -0.3 is 15.0 Å². The molecule has 0 radical (unpaired) electrons. The van der Waals surface area contributed by atoms with E-state index in [1.807, 2.05) is 31.2 Å². The lowest BCUT2D eigenvalue weighted by Gasteiger charge is -2.29. The lowest BCUT2D eigenvalue weighted by atomic mass is 10.1. The van der Waals surface area contributed by atoms with Crippen molar-refractivity contribution in [2.24, 2.45) is 0 Å². The summed E-state index contributed by atoms with van der Waals surface area (Å²) in [6.45, 7) is 6.03. The van der Waals surface area contributed by atoms with Crippen LogP contribution in [0.25, 0.3) is 0 Å². The zero-order valence-corrected chi connectivity index (χ0v) is 12.6. The number of aryl methyl sites for hydroxylation is 1. The lowest BCUT2D eigenvalue weighted by Crippen LogP contribution is -2.50. The van der Waals surface area contributed by atoms with Gasteiger partial charge in [-0.3, -0.25) is 9.59 Å². The fraction of sp³-hybridized carbons (Fsp3) is 0.500. The van der Waals surface area contributed by atoms with Crippen molar-refractivity contribution in [3.8, 4) is 0 Å². The molecule has 1 aliphatic rings. The Labute approximate surface area is 125 Å². The van der Waals surface area contributed by atoms with Crippen LogP contribution in [-0.4, -0.2) is 49.1 Å². The van der Waals surface area contributed by atoms with Gasteiger partial charge >= 0.3 is 0 Å². The Bertz CT molecular complexity index is 510. The summed E-state index contributed by atoms with van der Waals surface area (Å²) in [5.74, 6) is -0.171. The van der Waals surface area contributed by atoms with Gasteiger partial charge in [0.2, 0.25) is 11.8 Å². The van der Waals surface area contributed by atoms with Crippen LogP contribution in [0, 0.1) is 6.92 Å². The molecule has 0 aromatic heterocycles. The molecule has 0 unspecified atom stereocenters. The molecule has 1 fully saturated rings. The second-order valence-electron chi connectivity index (χ2n) is 5.33. The van der Waals surface area contributed by atoms with E-state index in [2.05, 4.69) is 5.32 Å². The van der Waals surface area contributed by atoms with Gasteiger partial charge in [-0.2, -0.15) is 0 Å². The molecule has 1 heterocycles. The Morgan fingerprint density at radius 2 is 1.95 bits per heavy atom. The zero-order valence-electron chi connectivity index (χ0n) is 12.6. The first-order valence-corrected chi connectivity index (χ1v) is 7.28. The fourth-order valence-electron chi connectivity index (χ4n) is 2.39. The number of carbonyl (C=O) groups is 2. The van der Waals surface area contributed by atoms with Crippen LogP contribution in [0.4, 0.5) is 0 Å². The predicted molar refractivity (Wildman–Crippen MR) is 79.9 cm³/mol. The van der Waals surface area contributed by atoms with Crippen molar-refractivity contribution in [3.05, 3.63) is 35.4 Å². The molecule has 1 atom stereocenters. The van der Waals surface area contributed by atoms with Crippen LogP contribution < -0.4 is 5.32 Å². The molecule has 5 heteroatoms. The van der Waals surface area contributed by atoms with Crippen LogP contribution in [0.1, 0.15) is 18.1 Å². The largest absolute Gasteiger partial charge is 0.378 e. The van der Waals surface area contributed by atoms with Gasteiger partial charge in [0.1, 0.15) is 6.04 Å². The van der Waals surface area contributed by atoms with Gasteiger partial charge in [0, 0.05) is 13.1 Å². The summed E-state index contributed by atoms with van der Waals surface area (Å²) in [7, 11) is 0. The molecular weight excluding hydrogens is 268 g/mol. The van der Waals surface area contributed by atoms with Gasteiger partial charge in [0.05, 0.1) is 19.6 Å². The Morgan fingerprint density at radius 3 is 2.62 bits per heavy atom. The molecule has 0 aliphatic carbocycles. The van der Waals surface area contributed by atoms with Gasteiger partial charge in [-0.15, -0.1) is 0 Å². The molecular formula is C16H22N2O3. The van der Waals surface area contributed by atoms with Crippen LogP contribution in [0.5, 0.6) is 0 Å². The summed E-state index contributed by atoms with van der Waals surface area (Å²) in [4.78, 5) is 26.0. The van der Waals surface area contributed by atoms with E-state index in [-0.39, 0.29) is 11.8 Å². The molecule has 1 saturated heterocycles. The van der Waals surface area contributed by atoms with E-state index in [1.54, 1.807) is 11.8 Å². The normalized spacial score (nSPS) is 16.4. The summed E-state index contributed by atoms with van der Waals surface area (Å²) in [6, 6.07) is 7.27. The van der Waals surface area contributed by atoms with Crippen molar-refractivity contribution in [3.63, 3.8) is 0 Å². The quantitative estimate of drug-likeness (QED) is 0.896. The number of amides is 2. The van der Waals surface area contributed by atoms with Gasteiger partial charge in [-0.1, -0.05) is 24.3 Å². The van der Waals surface area contributed by atoms with E-state index < -0.39 is 6.04 Å². The van der Waals surface area contributed by atoms with Crippen molar-refractivity contribution in [2.75, 3.05) is 26.3 Å². The smallest absolute Gasteiger partial charge is 0.245 e. The monoisotopic (exact) mass is 290 g/mol. The fourth-order valence-corrected chi connectivity index (χ4v) is 2.39. The molecule has 0 spiro atoms. The summed E-state index contributed by atoms with van der Waals surface area (Å²) >= 11 is 0. The number of morpholine rings is 1. The van der Waals surface area contributed by atoms with Gasteiger partial charge in [0.15, 0.2) is 0 Å². The molecule has 0 bridgehead atoms. The Kier molecular flexibility index (Phi) is 5.33. The number of hydrogen-bond donors (Lipinski definition) is 1. The molecule has 2 rings (SSSR count). The second-order valence-corrected chi connectivity index (χ2v) is 5.33. The average Bonchev–Trinajstić information content (AvgIpc) is 2.49. The minimum Gasteiger partial charge on any atom is -0.378 e. The van der Waals surface area contributed by atoms with Crippen molar-refractivity contribution in [2.45, 2.75) is 26.3 Å². The number of ether oxygens (including phenoxy) is 1. The average molecular weight is 290 g/mol. The predicted octanol–water partition coefficient (Wildman–Crippen LogP) is 0.901. The Balaban J connectivity index is 1.87. The van der Waals surface area contributed by atoms with E-state index in [1.165, 1.54) is 0 Å². The van der Waals surface area contributed by atoms with E-state index in [4.69, 9.17) is 4.74 Å². The summed E-state index contributed by atoms with van der Waals surface area (Å²) in [5.41, 5.74) is 2.07. The molecule has 1 aromatic rings. The van der Waals surface area contributed by atoms with Crippen molar-refractivity contribution < 1.29 is 14.3 Å². The topological polar surface area (TPSA) is 58.6 Å². The third-order valence-corrected chi connectivity index (χ3v) is 3.68. The highest BCUT2D eigenvalue weighted by Crippen LogP contribution is 2.08. The van der Waals surface area contributed by atoms with E-state index >= 15 is 0 Å². The number of benzene rings is 1. The third-order valence-electron chi connectivity index (χ3n) is 3.68. The highest BCUT2D eigenvalue weighted by atomic mass is 16.5. The third kappa shape index (κ3) is 4.29. The molecule has 0 saturated carbocycles. The summed E-state index contributed by atoms with van der Waals surface area (Å²) in [5, 5.41) is 2.78. The molecule has 5 nitrogen and oxygen atoms in total. The molecule has 114 valence electrons. The number of hydrogen-bond acceptors (Lipinski definition) is 3. The van der Waals surface area contributed by atoms with Crippen molar-refractivity contribution in [1.29, 1.82) is 0 Å². The highest BCUT2D eigenvalue weighted by molar-refractivity contribution is 5.88. The summed E-state index contributed by atoms with van der Waals surface area (Å²) in [6.07, 6.45) is 0.299. The van der Waals surface area contributed by atoms with E-state index in [0.29, 0.717) is 32.7 Å². The maximum absolute atomic E-state index is 12.2. The van der Waals surface area contributed by atoms with Crippen molar-refractivity contribution >= 4 is 11.8 Å². The number of nitrogens with one attached hydrogen (secondary N) is 1. The summed E-state index contributed by atoms with van der Waals surface area (Å²) < 4.78 is 5.22. The van der Waals surface area contributed by atoms with Crippen LogP contribution in [0.15, 0.2) is 24.3 Å². The van der Waals surface area contributed by atoms with Crippen LogP contribution in [0.2, 0.25) is 0 Å². The minimum atomic E-state index is -0.500. The zero-order chi connectivity index (χ0) is 15.2. The highest BCUT2D eigenvalue weighted by Gasteiger charge is 2.23. The first kappa shape index (κ1) is 15.5. The molecule has 21 heavy (non-hydrogen) atoms. The molecule has 1 N–H and O–H groups in total. The van der Waals surface area contributed by atoms with Gasteiger partial charge in [0.25, 0.3) is 0 Å². The Morgan fingerprint density at radius 1 is 1.29 bits per heavy atom. The van der Waals surface area contributed by atoms with Crippen molar-refractivity contribution in [1.82, 2.24) is 10.2 Å².